The van der Waals surface area contributed by atoms with Crippen LogP contribution in [0.5, 0.6) is 0 Å². The normalized spacial score (nSPS) is 12.3. The number of para-hydroxylation sites is 1. The fourth-order valence-electron chi connectivity index (χ4n) is 2.41. The molecule has 1 aromatic heterocycles. The molecule has 1 atom stereocenters. The minimum absolute atomic E-state index is 0.173. The van der Waals surface area contributed by atoms with Crippen molar-refractivity contribution in [2.45, 2.75) is 19.4 Å². The molecule has 0 saturated carbocycles. The summed E-state index contributed by atoms with van der Waals surface area (Å²) in [5, 5.41) is 16.0. The van der Waals surface area contributed by atoms with Crippen molar-refractivity contribution < 1.29 is 14.6 Å². The van der Waals surface area contributed by atoms with E-state index in [-0.39, 0.29) is 19.2 Å². The van der Waals surface area contributed by atoms with E-state index in [0.717, 1.165) is 11.9 Å². The highest BCUT2D eigenvalue weighted by atomic mass is 16.5. The molecule has 2 amide bonds. The molecule has 6 heteroatoms. The van der Waals surface area contributed by atoms with E-state index in [2.05, 4.69) is 34.7 Å². The van der Waals surface area contributed by atoms with E-state index >= 15 is 0 Å². The summed E-state index contributed by atoms with van der Waals surface area (Å²) in [5.41, 5.74) is 3.53. The Morgan fingerprint density at radius 2 is 2.23 bits per heavy atom. The second-order valence-corrected chi connectivity index (χ2v) is 5.31. The summed E-state index contributed by atoms with van der Waals surface area (Å²) in [7, 11) is 1.51. The number of methoxy groups -OCH3 is 1. The van der Waals surface area contributed by atoms with Crippen LogP contribution in [0.3, 0.4) is 0 Å². The van der Waals surface area contributed by atoms with Gasteiger partial charge in [0, 0.05) is 37.3 Å². The van der Waals surface area contributed by atoms with E-state index in [1.165, 1.54) is 23.6 Å². The molecule has 0 aliphatic carbocycles. The highest BCUT2D eigenvalue weighted by Gasteiger charge is 2.08. The largest absolute Gasteiger partial charge is 0.389 e. The number of ether oxygens (including phenoxy) is 1. The summed E-state index contributed by atoms with van der Waals surface area (Å²) in [4.78, 5) is 14.9. The fraction of sp³-hybridized carbons (Fsp3) is 0.438. The topological polar surface area (TPSA) is 86.4 Å². The maximum Gasteiger partial charge on any atom is 0.314 e. The third-order valence-electron chi connectivity index (χ3n) is 3.55. The van der Waals surface area contributed by atoms with Gasteiger partial charge in [-0.2, -0.15) is 0 Å². The molecule has 6 nitrogen and oxygen atoms in total. The zero-order valence-electron chi connectivity index (χ0n) is 13.0. The summed E-state index contributed by atoms with van der Waals surface area (Å²) in [5.74, 6) is 0. The Bertz CT molecular complexity index is 624. The number of hydrogen-bond donors (Lipinski definition) is 4. The molecule has 0 fully saturated rings. The number of carbonyl (C=O) groups is 1. The number of H-pyrrole nitrogens is 1. The van der Waals surface area contributed by atoms with Crippen molar-refractivity contribution in [1.29, 1.82) is 0 Å². The average molecular weight is 305 g/mol. The number of aryl methyl sites for hydroxylation is 1. The summed E-state index contributed by atoms with van der Waals surface area (Å²) < 4.78 is 4.79. The van der Waals surface area contributed by atoms with Crippen LogP contribution < -0.4 is 10.6 Å². The molecule has 120 valence electrons. The number of hydrogen-bond acceptors (Lipinski definition) is 3. The Morgan fingerprint density at radius 1 is 1.41 bits per heavy atom. The van der Waals surface area contributed by atoms with Gasteiger partial charge in [-0.3, -0.25) is 0 Å². The Morgan fingerprint density at radius 3 is 3.00 bits per heavy atom. The van der Waals surface area contributed by atoms with Crippen LogP contribution in [0, 0.1) is 6.92 Å². The highest BCUT2D eigenvalue weighted by Crippen LogP contribution is 2.21. The predicted molar refractivity (Wildman–Crippen MR) is 86.0 cm³/mol. The lowest BCUT2D eigenvalue weighted by atomic mass is 10.1. The van der Waals surface area contributed by atoms with Gasteiger partial charge in [-0.25, -0.2) is 4.79 Å². The van der Waals surface area contributed by atoms with Crippen molar-refractivity contribution in [3.63, 3.8) is 0 Å². The number of aliphatic hydroxyl groups is 1. The Hall–Kier alpha value is -2.05. The standard InChI is InChI=1S/C16H23N3O3/c1-11-4-3-5-14-12(8-18-15(11)14)6-7-17-16(21)19-9-13(20)10-22-2/h3-5,8,13,18,20H,6-7,9-10H2,1-2H3,(H2,17,19,21). The molecular formula is C16H23N3O3. The summed E-state index contributed by atoms with van der Waals surface area (Å²) in [6.45, 7) is 2.98. The maximum atomic E-state index is 11.6. The van der Waals surface area contributed by atoms with E-state index in [4.69, 9.17) is 4.74 Å². The number of rotatable bonds is 7. The van der Waals surface area contributed by atoms with Crippen molar-refractivity contribution in [2.24, 2.45) is 0 Å². The van der Waals surface area contributed by atoms with Crippen LogP contribution in [0.15, 0.2) is 24.4 Å². The lowest BCUT2D eigenvalue weighted by Gasteiger charge is -2.11. The first kappa shape index (κ1) is 16.3. The van der Waals surface area contributed by atoms with Gasteiger partial charge in [-0.15, -0.1) is 0 Å². The van der Waals surface area contributed by atoms with Crippen LogP contribution in [-0.4, -0.2) is 49.0 Å². The molecule has 2 rings (SSSR count). The second-order valence-electron chi connectivity index (χ2n) is 5.31. The molecule has 0 spiro atoms. The van der Waals surface area contributed by atoms with Crippen molar-refractivity contribution >= 4 is 16.9 Å². The molecule has 0 radical (unpaired) electrons. The number of amides is 2. The van der Waals surface area contributed by atoms with Crippen LogP contribution in [0.4, 0.5) is 4.79 Å². The number of carbonyl (C=O) groups excluding carboxylic acids is 1. The fourth-order valence-corrected chi connectivity index (χ4v) is 2.41. The van der Waals surface area contributed by atoms with Crippen LogP contribution in [0.2, 0.25) is 0 Å². The molecule has 1 heterocycles. The van der Waals surface area contributed by atoms with E-state index < -0.39 is 6.10 Å². The van der Waals surface area contributed by atoms with E-state index in [1.807, 2.05) is 12.3 Å². The first-order valence-corrected chi connectivity index (χ1v) is 7.36. The van der Waals surface area contributed by atoms with Crippen molar-refractivity contribution in [1.82, 2.24) is 15.6 Å². The van der Waals surface area contributed by atoms with Crippen molar-refractivity contribution in [3.8, 4) is 0 Å². The molecule has 0 aliphatic rings. The average Bonchev–Trinajstić information content (AvgIpc) is 2.90. The van der Waals surface area contributed by atoms with Crippen LogP contribution in [0.25, 0.3) is 10.9 Å². The van der Waals surface area contributed by atoms with E-state index in [0.29, 0.717) is 6.54 Å². The first-order chi connectivity index (χ1) is 10.6. The number of aromatic nitrogens is 1. The summed E-state index contributed by atoms with van der Waals surface area (Å²) in [6.07, 6.45) is 2.05. The van der Waals surface area contributed by atoms with Gasteiger partial charge in [-0.1, -0.05) is 18.2 Å². The van der Waals surface area contributed by atoms with E-state index in [9.17, 15) is 9.90 Å². The Kier molecular flexibility index (Phi) is 5.80. The number of urea groups is 1. The molecule has 0 bridgehead atoms. The smallest absolute Gasteiger partial charge is 0.314 e. The third-order valence-corrected chi connectivity index (χ3v) is 3.55. The van der Waals surface area contributed by atoms with Crippen molar-refractivity contribution in [3.05, 3.63) is 35.5 Å². The minimum Gasteiger partial charge on any atom is -0.389 e. The summed E-state index contributed by atoms with van der Waals surface area (Å²) in [6, 6.07) is 5.90. The zero-order chi connectivity index (χ0) is 15.9. The summed E-state index contributed by atoms with van der Waals surface area (Å²) >= 11 is 0. The van der Waals surface area contributed by atoms with Gasteiger partial charge in [0.05, 0.1) is 12.7 Å². The van der Waals surface area contributed by atoms with Crippen LogP contribution >= 0.6 is 0 Å². The van der Waals surface area contributed by atoms with Gasteiger partial charge in [0.15, 0.2) is 0 Å². The molecule has 0 saturated heterocycles. The molecule has 1 unspecified atom stereocenters. The minimum atomic E-state index is -0.688. The Balaban J connectivity index is 1.78. The Labute approximate surface area is 129 Å². The SMILES string of the molecule is COCC(O)CNC(=O)NCCc1c[nH]c2c(C)cccc12. The molecule has 0 aliphatic heterocycles. The molecular weight excluding hydrogens is 282 g/mol. The van der Waals surface area contributed by atoms with Crippen LogP contribution in [-0.2, 0) is 11.2 Å². The number of nitrogens with one attached hydrogen (secondary N) is 3. The third kappa shape index (κ3) is 4.22. The number of aromatic amines is 1. The maximum absolute atomic E-state index is 11.6. The first-order valence-electron chi connectivity index (χ1n) is 7.36. The number of benzene rings is 1. The van der Waals surface area contributed by atoms with Gasteiger partial charge in [0.25, 0.3) is 0 Å². The molecule has 22 heavy (non-hydrogen) atoms. The predicted octanol–water partition coefficient (Wildman–Crippen LogP) is 1.33. The number of aliphatic hydroxyl groups excluding tert-OH is 1. The molecule has 1 aromatic carbocycles. The zero-order valence-corrected chi connectivity index (χ0v) is 13.0. The second kappa shape index (κ2) is 7.82. The van der Waals surface area contributed by atoms with E-state index in [1.54, 1.807) is 0 Å². The van der Waals surface area contributed by atoms with Crippen LogP contribution in [0.1, 0.15) is 11.1 Å². The van der Waals surface area contributed by atoms with Gasteiger partial charge >= 0.3 is 6.03 Å². The molecule has 4 N–H and O–H groups in total. The number of fused-ring (bicyclic) bond motifs is 1. The monoisotopic (exact) mass is 305 g/mol. The lowest BCUT2D eigenvalue weighted by molar-refractivity contribution is 0.0660. The highest BCUT2D eigenvalue weighted by molar-refractivity contribution is 5.85. The van der Waals surface area contributed by atoms with Gasteiger partial charge in [-0.05, 0) is 24.5 Å². The van der Waals surface area contributed by atoms with Crippen molar-refractivity contribution in [2.75, 3.05) is 26.8 Å². The van der Waals surface area contributed by atoms with Gasteiger partial charge in [0.1, 0.15) is 0 Å². The van der Waals surface area contributed by atoms with Gasteiger partial charge < -0.3 is 25.5 Å². The molecule has 2 aromatic rings. The lowest BCUT2D eigenvalue weighted by Crippen LogP contribution is -2.41. The quantitative estimate of drug-likeness (QED) is 0.622. The van der Waals surface area contributed by atoms with Gasteiger partial charge in [0.2, 0.25) is 0 Å².